The largest absolute Gasteiger partial charge is 0.226 e. The molecule has 12 aromatic rings. The summed E-state index contributed by atoms with van der Waals surface area (Å²) < 4.78 is 4.94. The Hall–Kier alpha value is -7.50. The van der Waals surface area contributed by atoms with Crippen LogP contribution in [0, 0.1) is 0 Å². The zero-order valence-electron chi connectivity index (χ0n) is 33.5. The minimum absolute atomic E-state index is 0.707. The van der Waals surface area contributed by atoms with E-state index in [1.165, 1.54) is 58.3 Å². The van der Waals surface area contributed by atoms with Crippen LogP contribution < -0.4 is 0 Å². The fourth-order valence-electron chi connectivity index (χ4n) is 8.81. The minimum atomic E-state index is 0.707. The molecule has 290 valence electrons. The van der Waals surface area contributed by atoms with E-state index in [0.29, 0.717) is 5.82 Å². The molecule has 9 aromatic carbocycles. The Morgan fingerprint density at radius 2 is 0.710 bits per heavy atom. The lowest BCUT2D eigenvalue weighted by Gasteiger charge is -2.15. The van der Waals surface area contributed by atoms with Crippen LogP contribution in [0.25, 0.3) is 119 Å². The summed E-state index contributed by atoms with van der Waals surface area (Å²) in [7, 11) is 0. The third kappa shape index (κ3) is 6.49. The highest BCUT2D eigenvalue weighted by Gasteiger charge is 2.19. The molecule has 0 amide bonds. The molecule has 0 spiro atoms. The summed E-state index contributed by atoms with van der Waals surface area (Å²) >= 11 is 3.63. The molecule has 0 radical (unpaired) electrons. The molecule has 0 aliphatic carbocycles. The molecule has 0 fully saturated rings. The highest BCUT2D eigenvalue weighted by Crippen LogP contribution is 2.43. The number of benzene rings is 9. The Labute approximate surface area is 367 Å². The molecule has 0 bridgehead atoms. The van der Waals surface area contributed by atoms with Gasteiger partial charge < -0.3 is 0 Å². The molecule has 0 atom stereocenters. The fourth-order valence-corrected chi connectivity index (χ4v) is 11.2. The van der Waals surface area contributed by atoms with E-state index < -0.39 is 0 Å². The van der Waals surface area contributed by atoms with Crippen LogP contribution in [0.15, 0.2) is 218 Å². The van der Waals surface area contributed by atoms with Crippen LogP contribution in [0.4, 0.5) is 0 Å². The van der Waals surface area contributed by atoms with Crippen molar-refractivity contribution in [3.8, 4) is 78.3 Å². The van der Waals surface area contributed by atoms with Gasteiger partial charge in [-0.1, -0.05) is 170 Å². The quantitative estimate of drug-likeness (QED) is 0.160. The van der Waals surface area contributed by atoms with E-state index in [1.807, 2.05) is 11.3 Å². The van der Waals surface area contributed by atoms with E-state index in [1.54, 1.807) is 11.3 Å². The molecule has 3 heterocycles. The van der Waals surface area contributed by atoms with Gasteiger partial charge >= 0.3 is 0 Å². The summed E-state index contributed by atoms with van der Waals surface area (Å²) in [4.78, 5) is 10.9. The van der Waals surface area contributed by atoms with Crippen molar-refractivity contribution >= 4 is 63.1 Å². The van der Waals surface area contributed by atoms with Gasteiger partial charge in [0, 0.05) is 41.4 Å². The SMILES string of the molecule is c1ccc(-c2cc(-c3ccccc3)cc(-c3cc(-c4ccc(-c5cccc6c5sc5ccccc56)cc4)cc(-c4nc(-c5ccccc5)c5sc6ccccc6c5n4)c3)c2)cc1. The Kier molecular flexibility index (Phi) is 8.91. The van der Waals surface area contributed by atoms with Crippen molar-refractivity contribution in [1.29, 1.82) is 0 Å². The molecule has 4 heteroatoms. The standard InChI is InChI=1S/C58H36N2S2/c1-4-15-37(16-5-1)42-31-43(38-17-6-2-7-18-38)33-45(32-42)46-34-44(39-27-29-40(30-28-39)48-23-14-24-50-49-21-10-12-25-52(49)61-56(48)50)35-47(36-46)58-59-54(41-19-8-3-9-20-41)57-55(60-58)51-22-11-13-26-53(51)62-57/h1-36H. The molecule has 3 aromatic heterocycles. The smallest absolute Gasteiger partial charge is 0.160 e. The monoisotopic (exact) mass is 824 g/mol. The first-order valence-corrected chi connectivity index (χ1v) is 22.5. The molecule has 0 aliphatic heterocycles. The van der Waals surface area contributed by atoms with Gasteiger partial charge in [-0.2, -0.15) is 0 Å². The van der Waals surface area contributed by atoms with Crippen LogP contribution in [-0.4, -0.2) is 9.97 Å². The molecule has 0 saturated carbocycles. The summed E-state index contributed by atoms with van der Waals surface area (Å²) in [6.45, 7) is 0. The number of thiophene rings is 2. The van der Waals surface area contributed by atoms with E-state index in [-0.39, 0.29) is 0 Å². The van der Waals surface area contributed by atoms with Crippen molar-refractivity contribution in [2.24, 2.45) is 0 Å². The maximum atomic E-state index is 5.44. The van der Waals surface area contributed by atoms with E-state index in [4.69, 9.17) is 9.97 Å². The van der Waals surface area contributed by atoms with Crippen molar-refractivity contribution in [2.45, 2.75) is 0 Å². The Morgan fingerprint density at radius 3 is 1.32 bits per heavy atom. The average molecular weight is 825 g/mol. The lowest BCUT2D eigenvalue weighted by molar-refractivity contribution is 1.24. The lowest BCUT2D eigenvalue weighted by atomic mass is 9.90. The molecular weight excluding hydrogens is 789 g/mol. The van der Waals surface area contributed by atoms with Crippen LogP contribution >= 0.6 is 22.7 Å². The first-order valence-electron chi connectivity index (χ1n) is 20.9. The minimum Gasteiger partial charge on any atom is -0.226 e. The van der Waals surface area contributed by atoms with Crippen molar-refractivity contribution in [3.05, 3.63) is 218 Å². The van der Waals surface area contributed by atoms with Gasteiger partial charge in [-0.3, -0.25) is 0 Å². The van der Waals surface area contributed by atoms with Gasteiger partial charge in [0.2, 0.25) is 0 Å². The predicted molar refractivity (Wildman–Crippen MR) is 266 cm³/mol. The fraction of sp³-hybridized carbons (Fsp3) is 0. The highest BCUT2D eigenvalue weighted by atomic mass is 32.1. The topological polar surface area (TPSA) is 25.8 Å². The number of aromatic nitrogens is 2. The summed E-state index contributed by atoms with van der Waals surface area (Å²) in [5, 5.41) is 3.77. The van der Waals surface area contributed by atoms with Crippen LogP contribution in [-0.2, 0) is 0 Å². The van der Waals surface area contributed by atoms with E-state index in [0.717, 1.165) is 54.7 Å². The maximum Gasteiger partial charge on any atom is 0.160 e. The molecule has 2 nitrogen and oxygen atoms in total. The number of hydrogen-bond donors (Lipinski definition) is 0. The van der Waals surface area contributed by atoms with Crippen LogP contribution in [0.3, 0.4) is 0 Å². The Morgan fingerprint density at radius 1 is 0.274 bits per heavy atom. The number of nitrogens with zero attached hydrogens (tertiary/aromatic N) is 2. The van der Waals surface area contributed by atoms with Gasteiger partial charge in [0.1, 0.15) is 0 Å². The Balaban J connectivity index is 1.07. The Bertz CT molecular complexity index is 3550. The summed E-state index contributed by atoms with van der Waals surface area (Å²) in [5.74, 6) is 0.707. The highest BCUT2D eigenvalue weighted by molar-refractivity contribution is 7.26. The first kappa shape index (κ1) is 36.4. The van der Waals surface area contributed by atoms with Gasteiger partial charge in [0.05, 0.1) is 15.9 Å². The van der Waals surface area contributed by atoms with Crippen molar-refractivity contribution in [1.82, 2.24) is 9.97 Å². The van der Waals surface area contributed by atoms with E-state index in [2.05, 4.69) is 218 Å². The molecule has 0 unspecified atom stereocenters. The lowest BCUT2D eigenvalue weighted by Crippen LogP contribution is -1.95. The van der Waals surface area contributed by atoms with Crippen LogP contribution in [0.2, 0.25) is 0 Å². The number of rotatable bonds is 7. The van der Waals surface area contributed by atoms with Gasteiger partial charge in [0.15, 0.2) is 5.82 Å². The second-order valence-corrected chi connectivity index (χ2v) is 17.8. The zero-order valence-corrected chi connectivity index (χ0v) is 35.1. The molecular formula is C58H36N2S2. The molecule has 12 rings (SSSR count). The van der Waals surface area contributed by atoms with Gasteiger partial charge in [-0.05, 0) is 104 Å². The van der Waals surface area contributed by atoms with Crippen molar-refractivity contribution in [2.75, 3.05) is 0 Å². The molecule has 0 aliphatic rings. The van der Waals surface area contributed by atoms with Crippen molar-refractivity contribution in [3.63, 3.8) is 0 Å². The summed E-state index contributed by atoms with van der Waals surface area (Å²) in [5.41, 5.74) is 15.6. The van der Waals surface area contributed by atoms with Gasteiger partial charge in [0.25, 0.3) is 0 Å². The number of hydrogen-bond acceptors (Lipinski definition) is 4. The number of fused-ring (bicyclic) bond motifs is 6. The third-order valence-electron chi connectivity index (χ3n) is 11.9. The van der Waals surface area contributed by atoms with Gasteiger partial charge in [-0.15, -0.1) is 22.7 Å². The maximum absolute atomic E-state index is 5.44. The molecule has 62 heavy (non-hydrogen) atoms. The van der Waals surface area contributed by atoms with Crippen LogP contribution in [0.1, 0.15) is 0 Å². The van der Waals surface area contributed by atoms with Crippen molar-refractivity contribution < 1.29 is 0 Å². The summed E-state index contributed by atoms with van der Waals surface area (Å²) in [6.07, 6.45) is 0. The molecule has 0 N–H and O–H groups in total. The first-order chi connectivity index (χ1) is 30.7. The second-order valence-electron chi connectivity index (χ2n) is 15.7. The average Bonchev–Trinajstić information content (AvgIpc) is 3.93. The normalized spacial score (nSPS) is 11.5. The second kappa shape index (κ2) is 15.2. The van der Waals surface area contributed by atoms with E-state index in [9.17, 15) is 0 Å². The van der Waals surface area contributed by atoms with Crippen LogP contribution in [0.5, 0.6) is 0 Å². The zero-order chi connectivity index (χ0) is 41.0. The van der Waals surface area contributed by atoms with E-state index >= 15 is 0 Å². The molecule has 0 saturated heterocycles. The third-order valence-corrected chi connectivity index (χ3v) is 14.3. The predicted octanol–water partition coefficient (Wildman–Crippen LogP) is 16.9. The summed E-state index contributed by atoms with van der Waals surface area (Å²) in [6, 6.07) is 78.8. The van der Waals surface area contributed by atoms with Gasteiger partial charge in [-0.25, -0.2) is 9.97 Å².